The van der Waals surface area contributed by atoms with Crippen LogP contribution in [-0.2, 0) is 20.9 Å². The first-order chi connectivity index (χ1) is 11.3. The van der Waals surface area contributed by atoms with Crippen LogP contribution in [0.15, 0.2) is 30.3 Å². The van der Waals surface area contributed by atoms with E-state index in [1.54, 1.807) is 6.92 Å². The molecule has 7 heteroatoms. The van der Waals surface area contributed by atoms with Crippen molar-refractivity contribution < 1.29 is 32.5 Å². The van der Waals surface area contributed by atoms with E-state index in [0.29, 0.717) is 12.8 Å². The third kappa shape index (κ3) is 5.21. The van der Waals surface area contributed by atoms with E-state index in [0.717, 1.165) is 5.56 Å². The molecule has 24 heavy (non-hydrogen) atoms. The third-order valence-corrected chi connectivity index (χ3v) is 4.16. The van der Waals surface area contributed by atoms with Gasteiger partial charge in [-0.05, 0) is 25.3 Å². The SMILES string of the molecule is C[C@H](C(=O)OCc1ccccc1)[C@@H]1CC[C@H](C[C@@H](O)C(F)(F)F)O1. The van der Waals surface area contributed by atoms with E-state index in [-0.39, 0.29) is 6.61 Å². The highest BCUT2D eigenvalue weighted by Crippen LogP contribution is 2.32. The van der Waals surface area contributed by atoms with Gasteiger partial charge in [0.15, 0.2) is 6.10 Å². The van der Waals surface area contributed by atoms with Crippen molar-refractivity contribution in [3.63, 3.8) is 0 Å². The van der Waals surface area contributed by atoms with Gasteiger partial charge in [-0.3, -0.25) is 4.79 Å². The number of carbonyl (C=O) groups is 1. The summed E-state index contributed by atoms with van der Waals surface area (Å²) >= 11 is 0. The number of benzene rings is 1. The van der Waals surface area contributed by atoms with Crippen molar-refractivity contribution in [3.05, 3.63) is 35.9 Å². The zero-order valence-electron chi connectivity index (χ0n) is 13.3. The zero-order valence-corrected chi connectivity index (χ0v) is 13.3. The second kappa shape index (κ2) is 7.98. The molecule has 0 aliphatic carbocycles. The minimum absolute atomic E-state index is 0.146. The van der Waals surface area contributed by atoms with Gasteiger partial charge in [0.2, 0.25) is 0 Å². The Morgan fingerprint density at radius 2 is 2.00 bits per heavy atom. The number of aliphatic hydroxyl groups excluding tert-OH is 1. The number of esters is 1. The van der Waals surface area contributed by atoms with Gasteiger partial charge in [-0.25, -0.2) is 0 Å². The van der Waals surface area contributed by atoms with Gasteiger partial charge in [-0.1, -0.05) is 30.3 Å². The summed E-state index contributed by atoms with van der Waals surface area (Å²) in [7, 11) is 0. The summed E-state index contributed by atoms with van der Waals surface area (Å²) in [5, 5.41) is 9.09. The molecular weight excluding hydrogens is 325 g/mol. The molecule has 4 nitrogen and oxygen atoms in total. The average Bonchev–Trinajstić information content (AvgIpc) is 3.00. The number of halogens is 3. The van der Waals surface area contributed by atoms with Crippen LogP contribution in [-0.4, -0.2) is 35.6 Å². The van der Waals surface area contributed by atoms with Gasteiger partial charge in [0.25, 0.3) is 0 Å². The lowest BCUT2D eigenvalue weighted by atomic mass is 10.0. The first-order valence-electron chi connectivity index (χ1n) is 7.88. The quantitative estimate of drug-likeness (QED) is 0.804. The highest BCUT2D eigenvalue weighted by atomic mass is 19.4. The number of hydrogen-bond donors (Lipinski definition) is 1. The molecule has 1 aromatic rings. The number of ether oxygens (including phenoxy) is 2. The van der Waals surface area contributed by atoms with E-state index in [1.165, 1.54) is 0 Å². The fourth-order valence-corrected chi connectivity index (χ4v) is 2.67. The Hall–Kier alpha value is -1.60. The summed E-state index contributed by atoms with van der Waals surface area (Å²) in [5.41, 5.74) is 0.858. The molecule has 4 atom stereocenters. The Bertz CT molecular complexity index is 532. The van der Waals surface area contributed by atoms with Gasteiger partial charge >= 0.3 is 12.1 Å². The first-order valence-corrected chi connectivity index (χ1v) is 7.88. The van der Waals surface area contributed by atoms with Gasteiger partial charge in [0.1, 0.15) is 6.61 Å². The second-order valence-corrected chi connectivity index (χ2v) is 6.05. The zero-order chi connectivity index (χ0) is 17.7. The van der Waals surface area contributed by atoms with Crippen LogP contribution in [0.5, 0.6) is 0 Å². The van der Waals surface area contributed by atoms with Gasteiger partial charge in [0, 0.05) is 6.42 Å². The molecule has 2 rings (SSSR count). The lowest BCUT2D eigenvalue weighted by molar-refractivity contribution is -0.212. The summed E-state index contributed by atoms with van der Waals surface area (Å²) in [6.45, 7) is 1.79. The maximum Gasteiger partial charge on any atom is 0.414 e. The van der Waals surface area contributed by atoms with Gasteiger partial charge in [-0.15, -0.1) is 0 Å². The molecule has 1 aromatic carbocycles. The maximum atomic E-state index is 12.4. The number of aliphatic hydroxyl groups is 1. The normalized spacial score (nSPS) is 23.7. The maximum absolute atomic E-state index is 12.4. The van der Waals surface area contributed by atoms with Crippen LogP contribution in [0.3, 0.4) is 0 Å². The van der Waals surface area contributed by atoms with Crippen LogP contribution >= 0.6 is 0 Å². The van der Waals surface area contributed by atoms with E-state index in [9.17, 15) is 18.0 Å². The molecule has 0 amide bonds. The van der Waals surface area contributed by atoms with E-state index in [2.05, 4.69) is 0 Å². The minimum Gasteiger partial charge on any atom is -0.461 e. The van der Waals surface area contributed by atoms with E-state index in [1.807, 2.05) is 30.3 Å². The summed E-state index contributed by atoms with van der Waals surface area (Å²) in [6.07, 6.45) is -7.89. The summed E-state index contributed by atoms with van der Waals surface area (Å²) in [4.78, 5) is 12.1. The lowest BCUT2D eigenvalue weighted by Gasteiger charge is -2.21. The molecule has 0 radical (unpaired) electrons. The Morgan fingerprint density at radius 3 is 2.62 bits per heavy atom. The summed E-state index contributed by atoms with van der Waals surface area (Å²) in [5.74, 6) is -1.01. The molecule has 0 aromatic heterocycles. The van der Waals surface area contributed by atoms with Crippen molar-refractivity contribution in [2.75, 3.05) is 0 Å². The topological polar surface area (TPSA) is 55.8 Å². The van der Waals surface area contributed by atoms with Crippen LogP contribution in [0.2, 0.25) is 0 Å². The number of hydrogen-bond acceptors (Lipinski definition) is 4. The highest BCUT2D eigenvalue weighted by molar-refractivity contribution is 5.72. The van der Waals surface area contributed by atoms with Crippen LogP contribution in [0, 0.1) is 5.92 Å². The monoisotopic (exact) mass is 346 g/mol. The minimum atomic E-state index is -4.65. The predicted octanol–water partition coefficient (Wildman–Crippen LogP) is 3.23. The average molecular weight is 346 g/mol. The van der Waals surface area contributed by atoms with Crippen LogP contribution in [0.4, 0.5) is 13.2 Å². The fraction of sp³-hybridized carbons (Fsp3) is 0.588. The fourth-order valence-electron chi connectivity index (χ4n) is 2.67. The van der Waals surface area contributed by atoms with Gasteiger partial charge in [-0.2, -0.15) is 13.2 Å². The van der Waals surface area contributed by atoms with Crippen molar-refractivity contribution in [2.24, 2.45) is 5.92 Å². The number of carbonyl (C=O) groups excluding carboxylic acids is 1. The van der Waals surface area contributed by atoms with Gasteiger partial charge in [0.05, 0.1) is 18.1 Å². The third-order valence-electron chi connectivity index (χ3n) is 4.16. The largest absolute Gasteiger partial charge is 0.461 e. The van der Waals surface area contributed by atoms with E-state index < -0.39 is 42.8 Å². The summed E-state index contributed by atoms with van der Waals surface area (Å²) < 4.78 is 47.8. The second-order valence-electron chi connectivity index (χ2n) is 6.05. The first kappa shape index (κ1) is 18.7. The van der Waals surface area contributed by atoms with Crippen molar-refractivity contribution in [3.8, 4) is 0 Å². The van der Waals surface area contributed by atoms with Crippen molar-refractivity contribution in [1.82, 2.24) is 0 Å². The van der Waals surface area contributed by atoms with Crippen molar-refractivity contribution >= 4 is 5.97 Å². The van der Waals surface area contributed by atoms with Crippen molar-refractivity contribution in [2.45, 2.75) is 57.3 Å². The molecule has 1 aliphatic rings. The Labute approximate surface area is 138 Å². The lowest BCUT2D eigenvalue weighted by Crippen LogP contribution is -2.33. The molecule has 0 spiro atoms. The smallest absolute Gasteiger partial charge is 0.414 e. The Balaban J connectivity index is 1.78. The predicted molar refractivity (Wildman–Crippen MR) is 80.0 cm³/mol. The molecule has 1 fully saturated rings. The van der Waals surface area contributed by atoms with E-state index >= 15 is 0 Å². The molecule has 134 valence electrons. The summed E-state index contributed by atoms with van der Waals surface area (Å²) in [6, 6.07) is 9.19. The van der Waals surface area contributed by atoms with Crippen LogP contribution in [0.1, 0.15) is 31.7 Å². The van der Waals surface area contributed by atoms with Crippen molar-refractivity contribution in [1.29, 1.82) is 0 Å². The van der Waals surface area contributed by atoms with Crippen LogP contribution < -0.4 is 0 Å². The Morgan fingerprint density at radius 1 is 1.33 bits per heavy atom. The molecule has 1 N–H and O–H groups in total. The standard InChI is InChI=1S/C17H21F3O4/c1-11(16(22)23-10-12-5-3-2-4-6-12)14-8-7-13(24-14)9-15(21)17(18,19)20/h2-6,11,13-15,21H,7-10H2,1H3/t11-,13+,14-,15+/m0/s1. The molecule has 0 unspecified atom stereocenters. The Kier molecular flexibility index (Phi) is 6.23. The molecule has 1 aliphatic heterocycles. The van der Waals surface area contributed by atoms with E-state index in [4.69, 9.17) is 14.6 Å². The highest BCUT2D eigenvalue weighted by Gasteiger charge is 2.42. The molecule has 0 bridgehead atoms. The molecule has 1 heterocycles. The number of rotatable bonds is 6. The van der Waals surface area contributed by atoms with Crippen LogP contribution in [0.25, 0.3) is 0 Å². The van der Waals surface area contributed by atoms with Gasteiger partial charge < -0.3 is 14.6 Å². The molecule has 0 saturated carbocycles. The number of alkyl halides is 3. The molecular formula is C17H21F3O4. The molecule has 1 saturated heterocycles.